The van der Waals surface area contributed by atoms with E-state index in [1.54, 1.807) is 0 Å². The number of amides is 2. The number of carbonyl (C=O) groups excluding carboxylic acids is 2. The minimum absolute atomic E-state index is 0.0763. The third-order valence-electron chi connectivity index (χ3n) is 2.48. The van der Waals surface area contributed by atoms with E-state index in [2.05, 4.69) is 0 Å². The predicted molar refractivity (Wildman–Crippen MR) is 77.7 cm³/mol. The van der Waals surface area contributed by atoms with E-state index in [4.69, 9.17) is 4.84 Å². The summed E-state index contributed by atoms with van der Waals surface area (Å²) in [5.74, 6) is -3.79. The molecule has 1 aromatic carbocycles. The Labute approximate surface area is 132 Å². The number of rotatable bonds is 6. The van der Waals surface area contributed by atoms with E-state index in [0.29, 0.717) is 11.6 Å². The van der Waals surface area contributed by atoms with Gasteiger partial charge in [0.2, 0.25) is 10.0 Å². The van der Waals surface area contributed by atoms with Crippen LogP contribution < -0.4 is 4.72 Å². The molecule has 0 spiro atoms. The molecule has 2 N–H and O–H groups in total. The van der Waals surface area contributed by atoms with Gasteiger partial charge >= 0.3 is 0 Å². The lowest BCUT2D eigenvalue weighted by Gasteiger charge is -2.18. The molecule has 126 valence electrons. The molecule has 8 nitrogen and oxygen atoms in total. The Morgan fingerprint density at radius 3 is 2.39 bits per heavy atom. The molecule has 1 rings (SSSR count). The molecule has 0 fully saturated rings. The average Bonchev–Trinajstić information content (AvgIpc) is 2.44. The Hall–Kier alpha value is -2.46. The highest BCUT2D eigenvalue weighted by molar-refractivity contribution is 7.89. The van der Waals surface area contributed by atoms with Crippen LogP contribution >= 0.6 is 0 Å². The first kappa shape index (κ1) is 18.6. The smallest absolute Gasteiger partial charge is 0.299 e. The number of aliphatic hydroxyl groups excluding tert-OH is 1. The number of hydroxylamine groups is 2. The molecule has 2 amide bonds. The molecule has 0 radical (unpaired) electrons. The fraction of sp³-hybridized carbons (Fsp3) is 0.231. The fourth-order valence-corrected chi connectivity index (χ4v) is 1.90. The summed E-state index contributed by atoms with van der Waals surface area (Å²) in [5.41, 5.74) is 0.537. The topological polar surface area (TPSA) is 113 Å². The number of nitrogens with one attached hydrogen (secondary N) is 1. The number of carbonyl (C=O) groups is 2. The monoisotopic (exact) mass is 346 g/mol. The van der Waals surface area contributed by atoms with Crippen LogP contribution in [0.5, 0.6) is 0 Å². The summed E-state index contributed by atoms with van der Waals surface area (Å²) in [6.45, 7) is -0.0763. The van der Waals surface area contributed by atoms with Gasteiger partial charge in [-0.3, -0.25) is 14.4 Å². The van der Waals surface area contributed by atoms with E-state index < -0.39 is 33.4 Å². The molecule has 0 saturated carbocycles. The second-order valence-corrected chi connectivity index (χ2v) is 6.17. The first-order chi connectivity index (χ1) is 10.6. The molecule has 1 aromatic rings. The number of halogens is 1. The summed E-state index contributed by atoms with van der Waals surface area (Å²) in [6.07, 6.45) is 1.23. The summed E-state index contributed by atoms with van der Waals surface area (Å²) in [6, 6.07) is 5.24. The molecule has 0 aliphatic rings. The Bertz CT molecular complexity index is 714. The van der Waals surface area contributed by atoms with Crippen molar-refractivity contribution in [2.75, 3.05) is 13.4 Å². The molecular formula is C13H15FN2O6S. The zero-order chi connectivity index (χ0) is 17.6. The van der Waals surface area contributed by atoms with Crippen LogP contribution in [0.25, 0.3) is 0 Å². The zero-order valence-corrected chi connectivity index (χ0v) is 13.1. The van der Waals surface area contributed by atoms with Crippen LogP contribution in [-0.2, 0) is 31.0 Å². The Balaban J connectivity index is 2.81. The van der Waals surface area contributed by atoms with Crippen molar-refractivity contribution in [2.24, 2.45) is 0 Å². The van der Waals surface area contributed by atoms with Crippen molar-refractivity contribution in [3.63, 3.8) is 0 Å². The largest absolute Gasteiger partial charge is 0.503 e. The van der Waals surface area contributed by atoms with Crippen LogP contribution in [0.1, 0.15) is 5.56 Å². The number of hydrogen-bond acceptors (Lipinski definition) is 6. The molecule has 0 heterocycles. The van der Waals surface area contributed by atoms with Gasteiger partial charge in [-0.1, -0.05) is 12.1 Å². The number of benzene rings is 1. The molecular weight excluding hydrogens is 331 g/mol. The van der Waals surface area contributed by atoms with Crippen LogP contribution in [-0.4, -0.2) is 43.8 Å². The molecule has 0 aliphatic heterocycles. The van der Waals surface area contributed by atoms with Crippen LogP contribution in [0, 0.1) is 5.82 Å². The normalized spacial score (nSPS) is 11.9. The average molecular weight is 346 g/mol. The van der Waals surface area contributed by atoms with Crippen molar-refractivity contribution >= 4 is 21.8 Å². The maximum absolute atomic E-state index is 12.8. The molecule has 0 saturated heterocycles. The molecule has 10 heteroatoms. The summed E-state index contributed by atoms with van der Waals surface area (Å²) >= 11 is 0. The van der Waals surface area contributed by atoms with Gasteiger partial charge in [0.15, 0.2) is 5.76 Å². The number of hydrogen-bond donors (Lipinski definition) is 2. The Morgan fingerprint density at radius 2 is 1.91 bits per heavy atom. The van der Waals surface area contributed by atoms with Crippen LogP contribution in [0.4, 0.5) is 4.39 Å². The Kier molecular flexibility index (Phi) is 6.22. The van der Waals surface area contributed by atoms with Gasteiger partial charge in [0.25, 0.3) is 11.8 Å². The fourth-order valence-electron chi connectivity index (χ4n) is 1.46. The van der Waals surface area contributed by atoms with Gasteiger partial charge in [-0.25, -0.2) is 22.6 Å². The van der Waals surface area contributed by atoms with Crippen molar-refractivity contribution in [2.45, 2.75) is 6.54 Å². The van der Waals surface area contributed by atoms with Crippen LogP contribution in [0.15, 0.2) is 36.1 Å². The lowest BCUT2D eigenvalue weighted by Crippen LogP contribution is -2.32. The molecule has 0 unspecified atom stereocenters. The quantitative estimate of drug-likeness (QED) is 0.433. The second kappa shape index (κ2) is 7.70. The molecule has 0 atom stereocenters. The van der Waals surface area contributed by atoms with Gasteiger partial charge in [-0.15, -0.1) is 0 Å². The number of nitrogens with zero attached hydrogens (tertiary/aromatic N) is 1. The number of sulfonamides is 1. The molecule has 23 heavy (non-hydrogen) atoms. The highest BCUT2D eigenvalue weighted by Crippen LogP contribution is 2.08. The Morgan fingerprint density at radius 1 is 1.35 bits per heavy atom. The van der Waals surface area contributed by atoms with E-state index >= 15 is 0 Å². The maximum Gasteiger partial charge on any atom is 0.299 e. The minimum Gasteiger partial charge on any atom is -0.503 e. The van der Waals surface area contributed by atoms with Crippen molar-refractivity contribution in [3.05, 3.63) is 47.5 Å². The van der Waals surface area contributed by atoms with Gasteiger partial charge < -0.3 is 5.11 Å². The van der Waals surface area contributed by atoms with E-state index in [9.17, 15) is 27.5 Å². The lowest BCUT2D eigenvalue weighted by atomic mass is 10.2. The molecule has 0 aliphatic carbocycles. The highest BCUT2D eigenvalue weighted by atomic mass is 32.2. The highest BCUT2D eigenvalue weighted by Gasteiger charge is 2.18. The van der Waals surface area contributed by atoms with Crippen LogP contribution in [0.2, 0.25) is 0 Å². The first-order valence-electron chi connectivity index (χ1n) is 6.15. The van der Waals surface area contributed by atoms with Gasteiger partial charge in [0, 0.05) is 0 Å². The summed E-state index contributed by atoms with van der Waals surface area (Å²) in [7, 11) is -2.69. The second-order valence-electron chi connectivity index (χ2n) is 4.42. The number of aliphatic hydroxyl groups is 1. The maximum atomic E-state index is 12.8. The zero-order valence-electron chi connectivity index (χ0n) is 12.3. The third kappa shape index (κ3) is 6.45. The summed E-state index contributed by atoms with van der Waals surface area (Å²) < 4.78 is 36.1. The van der Waals surface area contributed by atoms with Gasteiger partial charge in [-0.05, 0) is 17.7 Å². The minimum atomic E-state index is -3.87. The summed E-state index contributed by atoms with van der Waals surface area (Å²) in [4.78, 5) is 28.0. The van der Waals surface area contributed by atoms with Crippen molar-refractivity contribution in [3.8, 4) is 0 Å². The van der Waals surface area contributed by atoms with E-state index in [-0.39, 0.29) is 6.54 Å². The summed E-state index contributed by atoms with van der Waals surface area (Å²) in [5, 5.41) is 10.2. The molecule has 0 bridgehead atoms. The van der Waals surface area contributed by atoms with E-state index in [0.717, 1.165) is 11.3 Å². The van der Waals surface area contributed by atoms with Crippen LogP contribution in [0.3, 0.4) is 0 Å². The lowest BCUT2D eigenvalue weighted by molar-refractivity contribution is -0.173. The van der Waals surface area contributed by atoms with Crippen molar-refractivity contribution in [1.82, 2.24) is 9.79 Å². The predicted octanol–water partition coefficient (Wildman–Crippen LogP) is 0.233. The SMILES string of the molecule is CON(Cc1ccc(F)cc1)C(=O)C=C(O)C(=O)NS(C)(=O)=O. The van der Waals surface area contributed by atoms with Crippen molar-refractivity contribution in [1.29, 1.82) is 0 Å². The van der Waals surface area contributed by atoms with Gasteiger partial charge in [-0.2, -0.15) is 0 Å². The third-order valence-corrected chi connectivity index (χ3v) is 3.03. The van der Waals surface area contributed by atoms with Crippen molar-refractivity contribution < 1.29 is 32.3 Å². The first-order valence-corrected chi connectivity index (χ1v) is 8.04. The standard InChI is InChI=1S/C13H15FN2O6S/c1-22-16(8-9-3-5-10(14)6-4-9)12(18)7-11(17)13(19)15-23(2,20)21/h3-7,17H,8H2,1-2H3,(H,15,19). The molecule has 0 aromatic heterocycles. The van der Waals surface area contributed by atoms with Gasteiger partial charge in [0.1, 0.15) is 5.82 Å². The van der Waals surface area contributed by atoms with E-state index in [1.807, 2.05) is 0 Å². The van der Waals surface area contributed by atoms with Gasteiger partial charge in [0.05, 0.1) is 26.0 Å². The van der Waals surface area contributed by atoms with E-state index in [1.165, 1.54) is 36.1 Å².